The fraction of sp³-hybridized carbons (Fsp3) is 0.308. The Morgan fingerprint density at radius 1 is 1.03 bits per heavy atom. The highest BCUT2D eigenvalue weighted by Gasteiger charge is 2.21. The van der Waals surface area contributed by atoms with E-state index in [1.807, 2.05) is 41.3 Å². The summed E-state index contributed by atoms with van der Waals surface area (Å²) in [7, 11) is 3.40. The molecular weight excluding hydrogens is 420 g/mol. The van der Waals surface area contributed by atoms with E-state index in [1.165, 1.54) is 4.90 Å². The van der Waals surface area contributed by atoms with Crippen LogP contribution in [0.25, 0.3) is 16.5 Å². The smallest absolute Gasteiger partial charge is 0.289 e. The van der Waals surface area contributed by atoms with Gasteiger partial charge in [-0.05, 0) is 59.9 Å². The van der Waals surface area contributed by atoms with E-state index < -0.39 is 0 Å². The van der Waals surface area contributed by atoms with E-state index in [4.69, 9.17) is 13.9 Å². The monoisotopic (exact) mass is 446 g/mol. The van der Waals surface area contributed by atoms with Crippen LogP contribution in [-0.4, -0.2) is 55.6 Å². The Morgan fingerprint density at radius 2 is 1.88 bits per heavy atom. The van der Waals surface area contributed by atoms with Gasteiger partial charge >= 0.3 is 0 Å². The van der Waals surface area contributed by atoms with E-state index in [9.17, 15) is 9.59 Å². The van der Waals surface area contributed by atoms with Gasteiger partial charge in [0.05, 0.1) is 0 Å². The highest BCUT2D eigenvalue weighted by atomic mass is 16.7. The van der Waals surface area contributed by atoms with Crippen LogP contribution in [0.3, 0.4) is 0 Å². The molecule has 1 aromatic heterocycles. The molecular formula is C26H26N2O5. The molecule has 2 amide bonds. The van der Waals surface area contributed by atoms with E-state index in [2.05, 4.69) is 6.08 Å². The zero-order valence-corrected chi connectivity index (χ0v) is 18.8. The lowest BCUT2D eigenvalue weighted by Gasteiger charge is -2.28. The number of rotatable bonds is 5. The number of amides is 2. The molecule has 0 spiro atoms. The summed E-state index contributed by atoms with van der Waals surface area (Å²) >= 11 is 0. The summed E-state index contributed by atoms with van der Waals surface area (Å²) in [6, 6.07) is 13.5. The van der Waals surface area contributed by atoms with Gasteiger partial charge in [0.25, 0.3) is 5.91 Å². The molecule has 0 N–H and O–H groups in total. The summed E-state index contributed by atoms with van der Waals surface area (Å²) in [5.74, 6) is 1.80. The predicted molar refractivity (Wildman–Crippen MR) is 124 cm³/mol. The second-order valence-electron chi connectivity index (χ2n) is 8.58. The van der Waals surface area contributed by atoms with Crippen LogP contribution >= 0.6 is 0 Å². The molecule has 0 atom stereocenters. The van der Waals surface area contributed by atoms with Crippen LogP contribution in [0.2, 0.25) is 0 Å². The number of nitrogens with zero attached hydrogens (tertiary/aromatic N) is 2. The third-order valence-electron chi connectivity index (χ3n) is 6.07. The van der Waals surface area contributed by atoms with Crippen molar-refractivity contribution in [2.24, 2.45) is 0 Å². The third-order valence-corrected chi connectivity index (χ3v) is 6.07. The van der Waals surface area contributed by atoms with E-state index in [0.717, 1.165) is 46.6 Å². The molecule has 3 aromatic rings. The number of hydrogen-bond acceptors (Lipinski definition) is 5. The first kappa shape index (κ1) is 21.1. The summed E-state index contributed by atoms with van der Waals surface area (Å²) in [6.07, 6.45) is 4.12. The average molecular weight is 447 g/mol. The lowest BCUT2D eigenvalue weighted by Crippen LogP contribution is -2.35. The van der Waals surface area contributed by atoms with Crippen LogP contribution in [0, 0.1) is 0 Å². The number of hydrogen-bond donors (Lipinski definition) is 0. The summed E-state index contributed by atoms with van der Waals surface area (Å²) in [5, 5.41) is 0.879. The Morgan fingerprint density at radius 3 is 2.73 bits per heavy atom. The Kier molecular flexibility index (Phi) is 5.54. The fourth-order valence-electron chi connectivity index (χ4n) is 4.24. The van der Waals surface area contributed by atoms with E-state index in [0.29, 0.717) is 30.7 Å². The maximum atomic E-state index is 12.9. The van der Waals surface area contributed by atoms with E-state index in [-0.39, 0.29) is 18.6 Å². The molecule has 7 heteroatoms. The fourth-order valence-corrected chi connectivity index (χ4v) is 4.24. The summed E-state index contributed by atoms with van der Waals surface area (Å²) < 4.78 is 16.5. The van der Waals surface area contributed by atoms with Crippen LogP contribution in [-0.2, 0) is 11.2 Å². The number of benzene rings is 2. The number of ether oxygens (including phenoxy) is 2. The molecule has 5 rings (SSSR count). The third kappa shape index (κ3) is 4.31. The van der Waals surface area contributed by atoms with Crippen molar-refractivity contribution in [2.75, 3.05) is 34.0 Å². The van der Waals surface area contributed by atoms with Gasteiger partial charge in [0.1, 0.15) is 5.58 Å². The van der Waals surface area contributed by atoms with Gasteiger partial charge in [0.2, 0.25) is 12.7 Å². The average Bonchev–Trinajstić information content (AvgIpc) is 3.48. The molecule has 170 valence electrons. The number of carbonyl (C=O) groups is 2. The van der Waals surface area contributed by atoms with Gasteiger partial charge in [0.15, 0.2) is 17.3 Å². The lowest BCUT2D eigenvalue weighted by atomic mass is 9.99. The number of carbonyl (C=O) groups excluding carboxylic acids is 2. The minimum atomic E-state index is -0.163. The van der Waals surface area contributed by atoms with Crippen LogP contribution < -0.4 is 9.47 Å². The Labute approximate surface area is 192 Å². The second kappa shape index (κ2) is 8.65. The van der Waals surface area contributed by atoms with Gasteiger partial charge < -0.3 is 23.7 Å². The predicted octanol–water partition coefficient (Wildman–Crippen LogP) is 4.11. The SMILES string of the molecule is CN(C)C(=O)c1cc2cc(C3=CCCN(C(=O)CCc4ccc5c(c4)OCO5)C3)ccc2o1. The molecule has 0 unspecified atom stereocenters. The Balaban J connectivity index is 1.25. The largest absolute Gasteiger partial charge is 0.454 e. The van der Waals surface area contributed by atoms with Crippen LogP contribution in [0.1, 0.15) is 34.5 Å². The first-order valence-electron chi connectivity index (χ1n) is 11.1. The van der Waals surface area contributed by atoms with Crippen molar-refractivity contribution in [3.05, 3.63) is 65.4 Å². The topological polar surface area (TPSA) is 72.2 Å². The molecule has 7 nitrogen and oxygen atoms in total. The normalized spacial score (nSPS) is 15.0. The Bertz CT molecular complexity index is 1260. The molecule has 0 bridgehead atoms. The van der Waals surface area contributed by atoms with Crippen LogP contribution in [0.4, 0.5) is 0 Å². The first-order chi connectivity index (χ1) is 16.0. The van der Waals surface area contributed by atoms with Gasteiger partial charge in [-0.25, -0.2) is 0 Å². The molecule has 2 aliphatic rings. The minimum absolute atomic E-state index is 0.140. The molecule has 3 heterocycles. The molecule has 2 aromatic carbocycles. The zero-order chi connectivity index (χ0) is 22.9. The van der Waals surface area contributed by atoms with Crippen molar-refractivity contribution >= 4 is 28.4 Å². The first-order valence-corrected chi connectivity index (χ1v) is 11.1. The molecule has 0 radical (unpaired) electrons. The quantitative estimate of drug-likeness (QED) is 0.590. The highest BCUT2D eigenvalue weighted by Crippen LogP contribution is 2.33. The lowest BCUT2D eigenvalue weighted by molar-refractivity contribution is -0.130. The van der Waals surface area contributed by atoms with Crippen molar-refractivity contribution in [3.8, 4) is 11.5 Å². The van der Waals surface area contributed by atoms with Crippen LogP contribution in [0.5, 0.6) is 11.5 Å². The van der Waals surface area contributed by atoms with Gasteiger partial charge in [-0.2, -0.15) is 0 Å². The maximum absolute atomic E-state index is 12.9. The van der Waals surface area contributed by atoms with Gasteiger partial charge in [0, 0.05) is 39.0 Å². The maximum Gasteiger partial charge on any atom is 0.289 e. The molecule has 0 aliphatic carbocycles. The summed E-state index contributed by atoms with van der Waals surface area (Å²) in [5.41, 5.74) is 3.90. The molecule has 0 saturated heterocycles. The van der Waals surface area contributed by atoms with Gasteiger partial charge in [-0.1, -0.05) is 18.2 Å². The van der Waals surface area contributed by atoms with Crippen molar-refractivity contribution in [1.82, 2.24) is 9.80 Å². The van der Waals surface area contributed by atoms with Gasteiger partial charge in [-0.15, -0.1) is 0 Å². The van der Waals surface area contributed by atoms with Crippen molar-refractivity contribution in [1.29, 1.82) is 0 Å². The molecule has 0 saturated carbocycles. The number of fused-ring (bicyclic) bond motifs is 2. The number of furan rings is 1. The minimum Gasteiger partial charge on any atom is -0.454 e. The number of aryl methyl sites for hydroxylation is 1. The van der Waals surface area contributed by atoms with Crippen LogP contribution in [0.15, 0.2) is 53.0 Å². The molecule has 0 fully saturated rings. The van der Waals surface area contributed by atoms with Crippen molar-refractivity contribution in [2.45, 2.75) is 19.3 Å². The standard InChI is InChI=1S/C26H26N2O5/c1-27(2)26(30)24-14-20-13-18(7-9-21(20)33-24)19-4-3-11-28(15-19)25(29)10-6-17-5-8-22-23(12-17)32-16-31-22/h4-5,7-9,12-14H,3,6,10-11,15-16H2,1-2H3. The highest BCUT2D eigenvalue weighted by molar-refractivity contribution is 5.96. The Hall–Kier alpha value is -3.74. The van der Waals surface area contributed by atoms with Crippen molar-refractivity contribution in [3.63, 3.8) is 0 Å². The van der Waals surface area contributed by atoms with Gasteiger partial charge in [-0.3, -0.25) is 9.59 Å². The van der Waals surface area contributed by atoms with Crippen molar-refractivity contribution < 1.29 is 23.5 Å². The molecule has 33 heavy (non-hydrogen) atoms. The van der Waals surface area contributed by atoms with E-state index in [1.54, 1.807) is 20.2 Å². The zero-order valence-electron chi connectivity index (χ0n) is 18.8. The summed E-state index contributed by atoms with van der Waals surface area (Å²) in [6.45, 7) is 1.55. The summed E-state index contributed by atoms with van der Waals surface area (Å²) in [4.78, 5) is 28.5. The second-order valence-corrected chi connectivity index (χ2v) is 8.58. The van der Waals surface area contributed by atoms with E-state index >= 15 is 0 Å². The molecule has 2 aliphatic heterocycles.